The van der Waals surface area contributed by atoms with E-state index in [1.807, 2.05) is 18.3 Å². The summed E-state index contributed by atoms with van der Waals surface area (Å²) >= 11 is 0. The Kier molecular flexibility index (Phi) is 7.78. The van der Waals surface area contributed by atoms with Gasteiger partial charge in [-0.2, -0.15) is 0 Å². The molecular weight excluding hydrogens is 458 g/mol. The summed E-state index contributed by atoms with van der Waals surface area (Å²) in [6.45, 7) is 3.23. The van der Waals surface area contributed by atoms with Crippen LogP contribution in [-0.4, -0.2) is 19.9 Å². The molecule has 1 unspecified atom stereocenters. The first-order valence-corrected chi connectivity index (χ1v) is 12.7. The Balaban J connectivity index is 0.00000280. The first kappa shape index (κ1) is 24.9. The highest BCUT2D eigenvalue weighted by Crippen LogP contribution is 2.34. The molecule has 2 aromatic carbocycles. The number of para-hydroxylation sites is 2. The van der Waals surface area contributed by atoms with Gasteiger partial charge in [-0.05, 0) is 60.2 Å². The van der Waals surface area contributed by atoms with Crippen molar-refractivity contribution in [3.8, 4) is 0 Å². The van der Waals surface area contributed by atoms with E-state index in [0.717, 1.165) is 61.4 Å². The molecule has 6 heteroatoms. The molecule has 1 aliphatic carbocycles. The Morgan fingerprint density at radius 1 is 0.919 bits per heavy atom. The van der Waals surface area contributed by atoms with E-state index in [1.54, 1.807) is 12.5 Å². The van der Waals surface area contributed by atoms with E-state index >= 15 is 0 Å². The second kappa shape index (κ2) is 11.5. The van der Waals surface area contributed by atoms with Gasteiger partial charge in [-0.3, -0.25) is 9.88 Å². The molecule has 3 heterocycles. The van der Waals surface area contributed by atoms with Crippen LogP contribution >= 0.6 is 0 Å². The second-order valence-corrected chi connectivity index (χ2v) is 9.61. The standard InChI is InChI=1S/C30H31N5O.CH4/c1-2-8-27-26(7-1)33-29(34-27)20-35(28-9-3-5-25-6-4-15-32-30(25)28)19-23-12-10-22(11-13-23)17-31-18-24-14-16-36-21-24;/h1-2,4,6-8,10-16,21,28,31H,3,5,9,17-20H2,(H,33,34);1H4. The number of fused-ring (bicyclic) bond motifs is 2. The molecule has 0 amide bonds. The van der Waals surface area contributed by atoms with Gasteiger partial charge in [0.15, 0.2) is 0 Å². The Hall–Kier alpha value is -3.74. The van der Waals surface area contributed by atoms with E-state index in [2.05, 4.69) is 69.8 Å². The number of furan rings is 1. The molecular formula is C31H35N5O. The van der Waals surface area contributed by atoms with E-state index in [4.69, 9.17) is 14.4 Å². The number of aryl methyl sites for hydroxylation is 1. The number of imidazole rings is 1. The zero-order valence-corrected chi connectivity index (χ0v) is 20.4. The van der Waals surface area contributed by atoms with Crippen molar-refractivity contribution in [2.75, 3.05) is 0 Å². The molecule has 1 atom stereocenters. The van der Waals surface area contributed by atoms with Gasteiger partial charge >= 0.3 is 0 Å². The van der Waals surface area contributed by atoms with Gasteiger partial charge in [0.2, 0.25) is 0 Å². The maximum atomic E-state index is 5.15. The van der Waals surface area contributed by atoms with Crippen LogP contribution in [0.2, 0.25) is 0 Å². The van der Waals surface area contributed by atoms with E-state index in [0.29, 0.717) is 0 Å². The normalized spacial score (nSPS) is 15.0. The van der Waals surface area contributed by atoms with Gasteiger partial charge in [-0.25, -0.2) is 4.98 Å². The van der Waals surface area contributed by atoms with Crippen LogP contribution in [0.4, 0.5) is 0 Å². The van der Waals surface area contributed by atoms with Crippen LogP contribution in [0.25, 0.3) is 11.0 Å². The van der Waals surface area contributed by atoms with Gasteiger partial charge < -0.3 is 14.7 Å². The summed E-state index contributed by atoms with van der Waals surface area (Å²) in [5, 5.41) is 3.48. The van der Waals surface area contributed by atoms with Crippen LogP contribution in [-0.2, 0) is 32.6 Å². The largest absolute Gasteiger partial charge is 0.472 e. The molecule has 5 aromatic rings. The highest BCUT2D eigenvalue weighted by molar-refractivity contribution is 5.74. The van der Waals surface area contributed by atoms with Crippen molar-refractivity contribution < 1.29 is 4.42 Å². The highest BCUT2D eigenvalue weighted by Gasteiger charge is 2.28. The topological polar surface area (TPSA) is 70.0 Å². The second-order valence-electron chi connectivity index (χ2n) is 9.61. The van der Waals surface area contributed by atoms with Crippen LogP contribution in [0, 0.1) is 0 Å². The average Bonchev–Trinajstić information content (AvgIpc) is 3.58. The minimum atomic E-state index is 0. The van der Waals surface area contributed by atoms with Crippen molar-refractivity contribution in [2.24, 2.45) is 0 Å². The molecule has 190 valence electrons. The lowest BCUT2D eigenvalue weighted by molar-refractivity contribution is 0.153. The lowest BCUT2D eigenvalue weighted by Crippen LogP contribution is -2.31. The Morgan fingerprint density at radius 2 is 1.76 bits per heavy atom. The van der Waals surface area contributed by atoms with Crippen LogP contribution in [0.3, 0.4) is 0 Å². The van der Waals surface area contributed by atoms with E-state index in [9.17, 15) is 0 Å². The van der Waals surface area contributed by atoms with Gasteiger partial charge in [-0.15, -0.1) is 0 Å². The van der Waals surface area contributed by atoms with Crippen molar-refractivity contribution in [1.29, 1.82) is 0 Å². The van der Waals surface area contributed by atoms with Crippen molar-refractivity contribution in [3.63, 3.8) is 0 Å². The van der Waals surface area contributed by atoms with E-state index < -0.39 is 0 Å². The Bertz CT molecular complexity index is 1370. The fourth-order valence-electron chi connectivity index (χ4n) is 5.23. The zero-order valence-electron chi connectivity index (χ0n) is 20.4. The third kappa shape index (κ3) is 5.82. The number of H-pyrrole nitrogens is 1. The van der Waals surface area contributed by atoms with Gasteiger partial charge in [-0.1, -0.05) is 49.9 Å². The fraction of sp³-hybridized carbons (Fsp3) is 0.290. The first-order chi connectivity index (χ1) is 17.8. The van der Waals surface area contributed by atoms with Gasteiger partial charge in [0.25, 0.3) is 0 Å². The van der Waals surface area contributed by atoms with Crippen LogP contribution in [0.1, 0.15) is 60.1 Å². The smallest absolute Gasteiger partial charge is 0.121 e. The SMILES string of the molecule is C.c1cnc2c(c1)CCCC2N(Cc1ccc(CNCc2ccoc2)cc1)Cc1nc2ccccc2[nH]1. The molecule has 3 aromatic heterocycles. The summed E-state index contributed by atoms with van der Waals surface area (Å²) in [6, 6.07) is 23.8. The van der Waals surface area contributed by atoms with Gasteiger partial charge in [0, 0.05) is 31.4 Å². The van der Waals surface area contributed by atoms with Crippen molar-refractivity contribution in [3.05, 3.63) is 119 Å². The van der Waals surface area contributed by atoms with Crippen molar-refractivity contribution in [1.82, 2.24) is 25.2 Å². The fourth-order valence-corrected chi connectivity index (χ4v) is 5.23. The molecule has 37 heavy (non-hydrogen) atoms. The van der Waals surface area contributed by atoms with Gasteiger partial charge in [0.1, 0.15) is 5.82 Å². The molecule has 6 nitrogen and oxygen atoms in total. The molecule has 0 aliphatic heterocycles. The molecule has 6 rings (SSSR count). The third-order valence-electron chi connectivity index (χ3n) is 7.04. The van der Waals surface area contributed by atoms with Gasteiger partial charge in [0.05, 0.1) is 41.8 Å². The number of nitrogens with one attached hydrogen (secondary N) is 2. The highest BCUT2D eigenvalue weighted by atomic mass is 16.3. The number of pyridine rings is 1. The molecule has 0 saturated carbocycles. The number of nitrogens with zero attached hydrogens (tertiary/aromatic N) is 3. The summed E-state index contributed by atoms with van der Waals surface area (Å²) in [4.78, 5) is 15.8. The number of aromatic amines is 1. The van der Waals surface area contributed by atoms with E-state index in [1.165, 1.54) is 28.8 Å². The Labute approximate surface area is 218 Å². The lowest BCUT2D eigenvalue weighted by atomic mass is 9.90. The maximum Gasteiger partial charge on any atom is 0.121 e. The molecule has 0 saturated heterocycles. The van der Waals surface area contributed by atoms with E-state index in [-0.39, 0.29) is 13.5 Å². The van der Waals surface area contributed by atoms with Crippen LogP contribution < -0.4 is 5.32 Å². The Morgan fingerprint density at radius 3 is 2.59 bits per heavy atom. The summed E-state index contributed by atoms with van der Waals surface area (Å²) in [6.07, 6.45) is 8.83. The summed E-state index contributed by atoms with van der Waals surface area (Å²) in [7, 11) is 0. The zero-order chi connectivity index (χ0) is 24.2. The first-order valence-electron chi connectivity index (χ1n) is 12.7. The monoisotopic (exact) mass is 493 g/mol. The molecule has 0 spiro atoms. The molecule has 2 N–H and O–H groups in total. The summed E-state index contributed by atoms with van der Waals surface area (Å²) < 4.78 is 5.15. The minimum Gasteiger partial charge on any atom is -0.472 e. The minimum absolute atomic E-state index is 0. The van der Waals surface area contributed by atoms with Crippen molar-refractivity contribution in [2.45, 2.75) is 58.9 Å². The number of hydrogen-bond donors (Lipinski definition) is 2. The molecule has 0 radical (unpaired) electrons. The number of hydrogen-bond acceptors (Lipinski definition) is 5. The lowest BCUT2D eigenvalue weighted by Gasteiger charge is -2.34. The molecule has 1 aliphatic rings. The molecule has 0 fully saturated rings. The molecule has 0 bridgehead atoms. The predicted octanol–water partition coefficient (Wildman–Crippen LogP) is 6.56. The number of benzene rings is 2. The number of aromatic nitrogens is 3. The maximum absolute atomic E-state index is 5.15. The average molecular weight is 494 g/mol. The van der Waals surface area contributed by atoms with Crippen LogP contribution in [0.15, 0.2) is 89.9 Å². The quantitative estimate of drug-likeness (QED) is 0.243. The number of rotatable bonds is 9. The van der Waals surface area contributed by atoms with Crippen LogP contribution in [0.5, 0.6) is 0 Å². The predicted molar refractivity (Wildman–Crippen MR) is 148 cm³/mol. The van der Waals surface area contributed by atoms with Crippen molar-refractivity contribution >= 4 is 11.0 Å². The summed E-state index contributed by atoms with van der Waals surface area (Å²) in [5.41, 5.74) is 8.43. The summed E-state index contributed by atoms with van der Waals surface area (Å²) in [5.74, 6) is 0.999. The third-order valence-corrected chi connectivity index (χ3v) is 7.04.